The average Bonchev–Trinajstić information content (AvgIpc) is 2.58. The Morgan fingerprint density at radius 1 is 1.21 bits per heavy atom. The first kappa shape index (κ1) is 18.9. The highest BCUT2D eigenvalue weighted by Crippen LogP contribution is 2.33. The maximum Gasteiger partial charge on any atom is 0.305 e. The third-order valence-electron chi connectivity index (χ3n) is 4.65. The molecule has 2 rings (SSSR count). The number of carbonyl (C=O) groups excluding carboxylic acids is 1. The Morgan fingerprint density at radius 3 is 2.54 bits per heavy atom. The summed E-state index contributed by atoms with van der Waals surface area (Å²) in [5.41, 5.74) is 1.35. The van der Waals surface area contributed by atoms with Gasteiger partial charge in [-0.15, -0.1) is 0 Å². The molecule has 1 saturated heterocycles. The number of rotatable bonds is 6. The average molecular weight is 333 g/mol. The molecule has 0 aliphatic carbocycles. The largest absolute Gasteiger partial charge is 0.469 e. The normalized spacial score (nSPS) is 22.3. The second-order valence-electron chi connectivity index (χ2n) is 7.68. The SMILES string of the molecule is COC(=O)CCCCN1C[C@@H](c2ccccc2)O[C@@H](C(C)(C)C)C1. The van der Waals surface area contributed by atoms with E-state index in [0.29, 0.717) is 6.42 Å². The molecule has 4 heteroatoms. The van der Waals surface area contributed by atoms with Gasteiger partial charge in [0.25, 0.3) is 0 Å². The van der Waals surface area contributed by atoms with Gasteiger partial charge in [-0.1, -0.05) is 51.1 Å². The smallest absolute Gasteiger partial charge is 0.305 e. The molecule has 1 aromatic carbocycles. The molecule has 0 bridgehead atoms. The molecular weight excluding hydrogens is 302 g/mol. The molecule has 4 nitrogen and oxygen atoms in total. The molecule has 1 aliphatic rings. The Hall–Kier alpha value is -1.39. The zero-order chi connectivity index (χ0) is 17.6. The van der Waals surface area contributed by atoms with Crippen molar-refractivity contribution >= 4 is 5.97 Å². The fourth-order valence-electron chi connectivity index (χ4n) is 3.05. The second-order valence-corrected chi connectivity index (χ2v) is 7.68. The maximum atomic E-state index is 11.2. The molecule has 2 atom stereocenters. The first-order valence-corrected chi connectivity index (χ1v) is 8.89. The molecule has 24 heavy (non-hydrogen) atoms. The maximum absolute atomic E-state index is 11.2. The monoisotopic (exact) mass is 333 g/mol. The molecule has 1 aromatic rings. The van der Waals surface area contributed by atoms with Crippen molar-refractivity contribution in [1.82, 2.24) is 4.90 Å². The molecule has 0 N–H and O–H groups in total. The van der Waals surface area contributed by atoms with Gasteiger partial charge in [0.1, 0.15) is 0 Å². The fourth-order valence-corrected chi connectivity index (χ4v) is 3.05. The van der Waals surface area contributed by atoms with Crippen LogP contribution in [0, 0.1) is 5.41 Å². The minimum absolute atomic E-state index is 0.109. The van der Waals surface area contributed by atoms with E-state index in [0.717, 1.165) is 32.5 Å². The summed E-state index contributed by atoms with van der Waals surface area (Å²) in [4.78, 5) is 13.7. The van der Waals surface area contributed by atoms with Crippen molar-refractivity contribution < 1.29 is 14.3 Å². The van der Waals surface area contributed by atoms with Gasteiger partial charge in [-0.2, -0.15) is 0 Å². The first-order valence-electron chi connectivity index (χ1n) is 8.89. The lowest BCUT2D eigenvalue weighted by molar-refractivity contribution is -0.141. The molecule has 0 spiro atoms. The van der Waals surface area contributed by atoms with Crippen LogP contribution in [-0.2, 0) is 14.3 Å². The van der Waals surface area contributed by atoms with E-state index in [1.165, 1.54) is 12.7 Å². The van der Waals surface area contributed by atoms with Gasteiger partial charge in [0.05, 0.1) is 19.3 Å². The lowest BCUT2D eigenvalue weighted by Gasteiger charge is -2.43. The van der Waals surface area contributed by atoms with E-state index in [1.807, 2.05) is 6.07 Å². The van der Waals surface area contributed by atoms with Crippen molar-refractivity contribution in [1.29, 1.82) is 0 Å². The summed E-state index contributed by atoms with van der Waals surface area (Å²) in [7, 11) is 1.45. The highest BCUT2D eigenvalue weighted by atomic mass is 16.5. The zero-order valence-corrected chi connectivity index (χ0v) is 15.5. The molecule has 0 unspecified atom stereocenters. The summed E-state index contributed by atoms with van der Waals surface area (Å²) in [6.45, 7) is 9.57. The summed E-state index contributed by atoms with van der Waals surface area (Å²) in [6, 6.07) is 10.5. The van der Waals surface area contributed by atoms with Crippen molar-refractivity contribution in [2.45, 2.75) is 52.2 Å². The number of nitrogens with zero attached hydrogens (tertiary/aromatic N) is 1. The Kier molecular flexibility index (Phi) is 6.81. The summed E-state index contributed by atoms with van der Waals surface area (Å²) in [5.74, 6) is -0.119. The third kappa shape index (κ3) is 5.60. The van der Waals surface area contributed by atoms with Crippen LogP contribution in [0.4, 0.5) is 0 Å². The Labute approximate surface area is 146 Å². The van der Waals surface area contributed by atoms with Crippen LogP contribution in [0.25, 0.3) is 0 Å². The van der Waals surface area contributed by atoms with Crippen LogP contribution in [0.3, 0.4) is 0 Å². The van der Waals surface area contributed by atoms with Gasteiger partial charge < -0.3 is 9.47 Å². The highest BCUT2D eigenvalue weighted by molar-refractivity contribution is 5.68. The molecule has 1 heterocycles. The van der Waals surface area contributed by atoms with E-state index in [-0.39, 0.29) is 23.6 Å². The summed E-state index contributed by atoms with van der Waals surface area (Å²) in [5, 5.41) is 0. The number of methoxy groups -OCH3 is 1. The van der Waals surface area contributed by atoms with Crippen LogP contribution in [0.15, 0.2) is 30.3 Å². The van der Waals surface area contributed by atoms with Crippen LogP contribution in [0.2, 0.25) is 0 Å². The number of hydrogen-bond acceptors (Lipinski definition) is 4. The van der Waals surface area contributed by atoms with Gasteiger partial charge >= 0.3 is 5.97 Å². The second kappa shape index (κ2) is 8.63. The summed E-state index contributed by atoms with van der Waals surface area (Å²) in [6.07, 6.45) is 2.71. The van der Waals surface area contributed by atoms with Crippen LogP contribution in [-0.4, -0.2) is 43.7 Å². The first-order chi connectivity index (χ1) is 11.4. The Bertz CT molecular complexity index is 509. The topological polar surface area (TPSA) is 38.8 Å². The predicted octanol–water partition coefficient (Wildman–Crippen LogP) is 3.82. The summed E-state index contributed by atoms with van der Waals surface area (Å²) < 4.78 is 11.1. The third-order valence-corrected chi connectivity index (χ3v) is 4.65. The van der Waals surface area contributed by atoms with E-state index in [2.05, 4.69) is 49.9 Å². The van der Waals surface area contributed by atoms with E-state index in [4.69, 9.17) is 9.47 Å². The van der Waals surface area contributed by atoms with Crippen molar-refractivity contribution in [3.63, 3.8) is 0 Å². The quantitative estimate of drug-likeness (QED) is 0.586. The van der Waals surface area contributed by atoms with E-state index in [1.54, 1.807) is 0 Å². The van der Waals surface area contributed by atoms with Crippen molar-refractivity contribution in [2.24, 2.45) is 5.41 Å². The van der Waals surface area contributed by atoms with Crippen molar-refractivity contribution in [2.75, 3.05) is 26.7 Å². The van der Waals surface area contributed by atoms with Gasteiger partial charge in [-0.05, 0) is 30.4 Å². The molecular formula is C20H31NO3. The van der Waals surface area contributed by atoms with Gasteiger partial charge in [0.15, 0.2) is 0 Å². The number of unbranched alkanes of at least 4 members (excludes halogenated alkanes) is 1. The number of carbonyl (C=O) groups is 1. The van der Waals surface area contributed by atoms with Gasteiger partial charge in [-0.3, -0.25) is 9.69 Å². The molecule has 1 aliphatic heterocycles. The zero-order valence-electron chi connectivity index (χ0n) is 15.5. The van der Waals surface area contributed by atoms with Gasteiger partial charge in [0, 0.05) is 19.5 Å². The van der Waals surface area contributed by atoms with Crippen LogP contribution in [0.1, 0.15) is 51.7 Å². The minimum Gasteiger partial charge on any atom is -0.469 e. The Morgan fingerprint density at radius 2 is 1.92 bits per heavy atom. The number of benzene rings is 1. The van der Waals surface area contributed by atoms with E-state index >= 15 is 0 Å². The minimum atomic E-state index is -0.119. The Balaban J connectivity index is 1.95. The molecule has 0 amide bonds. The number of ether oxygens (including phenoxy) is 2. The van der Waals surface area contributed by atoms with Gasteiger partial charge in [-0.25, -0.2) is 0 Å². The van der Waals surface area contributed by atoms with Crippen LogP contribution < -0.4 is 0 Å². The van der Waals surface area contributed by atoms with Crippen LogP contribution >= 0.6 is 0 Å². The lowest BCUT2D eigenvalue weighted by Crippen LogP contribution is -2.49. The number of hydrogen-bond donors (Lipinski definition) is 0. The van der Waals surface area contributed by atoms with Gasteiger partial charge in [0.2, 0.25) is 0 Å². The molecule has 134 valence electrons. The molecule has 0 aromatic heterocycles. The highest BCUT2D eigenvalue weighted by Gasteiger charge is 2.35. The molecule has 0 saturated carbocycles. The molecule has 1 fully saturated rings. The van der Waals surface area contributed by atoms with Crippen molar-refractivity contribution in [3.8, 4) is 0 Å². The molecule has 0 radical (unpaired) electrons. The predicted molar refractivity (Wildman–Crippen MR) is 95.8 cm³/mol. The van der Waals surface area contributed by atoms with Crippen LogP contribution in [0.5, 0.6) is 0 Å². The van der Waals surface area contributed by atoms with E-state index < -0.39 is 0 Å². The van der Waals surface area contributed by atoms with E-state index in [9.17, 15) is 4.79 Å². The summed E-state index contributed by atoms with van der Waals surface area (Å²) >= 11 is 0. The van der Waals surface area contributed by atoms with Crippen molar-refractivity contribution in [3.05, 3.63) is 35.9 Å². The standard InChI is InChI=1S/C20H31NO3/c1-20(2,3)18-15-21(13-9-8-12-19(22)23-4)14-17(24-18)16-10-6-5-7-11-16/h5-7,10-11,17-18H,8-9,12-15H2,1-4H3/t17-,18+/m0/s1. The number of esters is 1. The lowest BCUT2D eigenvalue weighted by atomic mass is 9.87. The fraction of sp³-hybridized carbons (Fsp3) is 0.650. The number of morpholine rings is 1.